The zero-order chi connectivity index (χ0) is 20.7. The predicted molar refractivity (Wildman–Crippen MR) is 111 cm³/mol. The van der Waals surface area contributed by atoms with Crippen molar-refractivity contribution in [1.29, 1.82) is 0 Å². The van der Waals surface area contributed by atoms with E-state index in [1.165, 1.54) is 7.11 Å². The zero-order valence-electron chi connectivity index (χ0n) is 16.9. The highest BCUT2D eigenvalue weighted by Gasteiger charge is 2.19. The van der Waals surface area contributed by atoms with Crippen molar-refractivity contribution in [3.63, 3.8) is 0 Å². The highest BCUT2D eigenvalue weighted by atomic mass is 16.5. The van der Waals surface area contributed by atoms with Crippen molar-refractivity contribution in [2.75, 3.05) is 7.11 Å². The summed E-state index contributed by atoms with van der Waals surface area (Å²) in [6.07, 6.45) is 5.30. The van der Waals surface area contributed by atoms with Gasteiger partial charge in [-0.2, -0.15) is 0 Å². The standard InChI is InChI=1S/C24H28O4/c1-24(2,3)16-15-18-5-10-19(11-6-18)21(22(25)26)14-9-17-7-12-20(13-8-17)23(27)28-4/h5-8,10-13,15-16,21H,9,14H2,1-4H3,(H,25,26)/b16-15+/t21-/m0/s1. The van der Waals surface area contributed by atoms with Crippen molar-refractivity contribution in [3.8, 4) is 0 Å². The third-order valence-electron chi connectivity index (χ3n) is 4.51. The summed E-state index contributed by atoms with van der Waals surface area (Å²) in [4.78, 5) is 23.3. The Morgan fingerprint density at radius 2 is 1.64 bits per heavy atom. The number of methoxy groups -OCH3 is 1. The van der Waals surface area contributed by atoms with Crippen LogP contribution in [0.25, 0.3) is 6.08 Å². The van der Waals surface area contributed by atoms with E-state index in [1.54, 1.807) is 12.1 Å². The molecule has 0 saturated heterocycles. The minimum absolute atomic E-state index is 0.103. The van der Waals surface area contributed by atoms with E-state index >= 15 is 0 Å². The Bertz CT molecular complexity index is 824. The molecule has 1 atom stereocenters. The van der Waals surface area contributed by atoms with Crippen molar-refractivity contribution in [2.24, 2.45) is 5.41 Å². The molecule has 0 heterocycles. The van der Waals surface area contributed by atoms with Crippen LogP contribution in [-0.2, 0) is 16.0 Å². The number of carboxylic acids is 1. The number of benzene rings is 2. The van der Waals surface area contributed by atoms with Crippen LogP contribution in [0.15, 0.2) is 54.6 Å². The molecule has 28 heavy (non-hydrogen) atoms. The van der Waals surface area contributed by atoms with E-state index in [2.05, 4.69) is 37.7 Å². The number of aliphatic carboxylic acids is 1. The maximum atomic E-state index is 11.8. The second-order valence-electron chi connectivity index (χ2n) is 7.98. The second-order valence-corrected chi connectivity index (χ2v) is 7.98. The van der Waals surface area contributed by atoms with E-state index in [0.717, 1.165) is 16.7 Å². The second kappa shape index (κ2) is 9.36. The van der Waals surface area contributed by atoms with Gasteiger partial charge in [-0.15, -0.1) is 0 Å². The molecule has 0 aliphatic carbocycles. The Hall–Kier alpha value is -2.88. The Balaban J connectivity index is 2.06. The number of hydrogen-bond acceptors (Lipinski definition) is 3. The minimum Gasteiger partial charge on any atom is -0.481 e. The maximum Gasteiger partial charge on any atom is 0.337 e. The third kappa shape index (κ3) is 6.38. The van der Waals surface area contributed by atoms with E-state index < -0.39 is 11.9 Å². The summed E-state index contributed by atoms with van der Waals surface area (Å²) in [6.45, 7) is 6.40. The molecule has 148 valence electrons. The Kier molecular flexibility index (Phi) is 7.16. The number of hydrogen-bond donors (Lipinski definition) is 1. The van der Waals surface area contributed by atoms with Gasteiger partial charge in [-0.25, -0.2) is 4.79 Å². The van der Waals surface area contributed by atoms with Crippen LogP contribution in [0.1, 0.15) is 60.2 Å². The fraction of sp³-hybridized carbons (Fsp3) is 0.333. The summed E-state index contributed by atoms with van der Waals surface area (Å²) in [5, 5.41) is 9.66. The van der Waals surface area contributed by atoms with Crippen molar-refractivity contribution < 1.29 is 19.4 Å². The number of ether oxygens (including phenoxy) is 1. The molecule has 0 amide bonds. The van der Waals surface area contributed by atoms with Gasteiger partial charge in [0.25, 0.3) is 0 Å². The molecule has 0 fully saturated rings. The Labute approximate surface area is 166 Å². The number of allylic oxidation sites excluding steroid dienone is 1. The zero-order valence-corrected chi connectivity index (χ0v) is 16.9. The summed E-state index contributed by atoms with van der Waals surface area (Å²) in [7, 11) is 1.35. The fourth-order valence-electron chi connectivity index (χ4n) is 2.85. The largest absolute Gasteiger partial charge is 0.481 e. The van der Waals surface area contributed by atoms with Crippen molar-refractivity contribution >= 4 is 18.0 Å². The summed E-state index contributed by atoms with van der Waals surface area (Å²) in [6, 6.07) is 14.8. The molecule has 0 saturated carbocycles. The number of esters is 1. The summed E-state index contributed by atoms with van der Waals surface area (Å²) >= 11 is 0. The Morgan fingerprint density at radius 3 is 2.14 bits per heavy atom. The molecular weight excluding hydrogens is 352 g/mol. The molecule has 0 aliphatic heterocycles. The van der Waals surface area contributed by atoms with Gasteiger partial charge in [0.05, 0.1) is 18.6 Å². The first-order chi connectivity index (χ1) is 13.2. The first-order valence-corrected chi connectivity index (χ1v) is 9.39. The molecule has 2 rings (SSSR count). The smallest absolute Gasteiger partial charge is 0.337 e. The van der Waals surface area contributed by atoms with Gasteiger partial charge in [-0.1, -0.05) is 69.3 Å². The first-order valence-electron chi connectivity index (χ1n) is 9.39. The lowest BCUT2D eigenvalue weighted by Crippen LogP contribution is -2.12. The van der Waals surface area contributed by atoms with Gasteiger partial charge in [0.15, 0.2) is 0 Å². The van der Waals surface area contributed by atoms with Crippen molar-refractivity contribution in [3.05, 3.63) is 76.9 Å². The van der Waals surface area contributed by atoms with Crippen LogP contribution in [0.4, 0.5) is 0 Å². The molecule has 4 nitrogen and oxygen atoms in total. The summed E-state index contributed by atoms with van der Waals surface area (Å²) in [5.41, 5.74) is 3.43. The maximum absolute atomic E-state index is 11.8. The van der Waals surface area contributed by atoms with Gasteiger partial charge >= 0.3 is 11.9 Å². The highest BCUT2D eigenvalue weighted by Crippen LogP contribution is 2.24. The number of carbonyl (C=O) groups is 2. The molecular formula is C24H28O4. The van der Waals surface area contributed by atoms with Crippen molar-refractivity contribution in [1.82, 2.24) is 0 Å². The topological polar surface area (TPSA) is 63.6 Å². The average Bonchev–Trinajstić information content (AvgIpc) is 2.66. The molecule has 0 bridgehead atoms. The van der Waals surface area contributed by atoms with Gasteiger partial charge in [-0.05, 0) is 47.1 Å². The number of aryl methyl sites for hydroxylation is 1. The van der Waals surface area contributed by atoms with E-state index in [0.29, 0.717) is 18.4 Å². The van der Waals surface area contributed by atoms with Gasteiger partial charge < -0.3 is 9.84 Å². The van der Waals surface area contributed by atoms with Crippen LogP contribution in [0.3, 0.4) is 0 Å². The van der Waals surface area contributed by atoms with E-state index in [-0.39, 0.29) is 11.4 Å². The molecule has 2 aromatic rings. The third-order valence-corrected chi connectivity index (χ3v) is 4.51. The number of rotatable bonds is 7. The molecule has 0 unspecified atom stereocenters. The van der Waals surface area contributed by atoms with Crippen LogP contribution >= 0.6 is 0 Å². The lowest BCUT2D eigenvalue weighted by molar-refractivity contribution is -0.138. The molecule has 0 spiro atoms. The average molecular weight is 380 g/mol. The quantitative estimate of drug-likeness (QED) is 0.659. The van der Waals surface area contributed by atoms with E-state index in [1.807, 2.05) is 36.4 Å². The molecule has 4 heteroatoms. The molecule has 0 radical (unpaired) electrons. The lowest BCUT2D eigenvalue weighted by atomic mass is 9.91. The molecule has 2 aromatic carbocycles. The minimum atomic E-state index is -0.829. The van der Waals surface area contributed by atoms with E-state index in [4.69, 9.17) is 0 Å². The SMILES string of the molecule is COC(=O)c1ccc(CC[C@H](C(=O)O)c2ccc(/C=C/C(C)(C)C)cc2)cc1. The summed E-state index contributed by atoms with van der Waals surface area (Å²) in [5.74, 6) is -1.78. The van der Waals surface area contributed by atoms with Crippen LogP contribution in [0.2, 0.25) is 0 Å². The Morgan fingerprint density at radius 1 is 1.04 bits per heavy atom. The highest BCUT2D eigenvalue weighted by molar-refractivity contribution is 5.89. The van der Waals surface area contributed by atoms with Crippen molar-refractivity contribution in [2.45, 2.75) is 39.5 Å². The predicted octanol–water partition coefficient (Wildman–Crippen LogP) is 5.33. The lowest BCUT2D eigenvalue weighted by Gasteiger charge is -2.14. The van der Waals surface area contributed by atoms with E-state index in [9.17, 15) is 14.7 Å². The molecule has 0 aliphatic rings. The van der Waals surface area contributed by atoms with Crippen LogP contribution in [0, 0.1) is 5.41 Å². The fourth-order valence-corrected chi connectivity index (χ4v) is 2.85. The normalized spacial score (nSPS) is 12.7. The summed E-state index contributed by atoms with van der Waals surface area (Å²) < 4.78 is 4.69. The van der Waals surface area contributed by atoms with Crippen LogP contribution < -0.4 is 0 Å². The number of carboxylic acid groups (broad SMARTS) is 1. The van der Waals surface area contributed by atoms with Crippen LogP contribution in [-0.4, -0.2) is 24.2 Å². The van der Waals surface area contributed by atoms with Gasteiger partial charge in [-0.3, -0.25) is 4.79 Å². The van der Waals surface area contributed by atoms with Gasteiger partial charge in [0.2, 0.25) is 0 Å². The number of carbonyl (C=O) groups excluding carboxylic acids is 1. The van der Waals surface area contributed by atoms with Crippen LogP contribution in [0.5, 0.6) is 0 Å². The van der Waals surface area contributed by atoms with Gasteiger partial charge in [0, 0.05) is 0 Å². The monoisotopic (exact) mass is 380 g/mol. The van der Waals surface area contributed by atoms with Gasteiger partial charge in [0.1, 0.15) is 0 Å². The first kappa shape index (κ1) is 21.4. The molecule has 1 N–H and O–H groups in total. The molecule has 0 aromatic heterocycles.